The van der Waals surface area contributed by atoms with Crippen LogP contribution >= 0.6 is 0 Å². The van der Waals surface area contributed by atoms with Crippen LogP contribution in [-0.4, -0.2) is 36.6 Å². The van der Waals surface area contributed by atoms with Gasteiger partial charge in [0.15, 0.2) is 0 Å². The fourth-order valence-electron chi connectivity index (χ4n) is 2.79. The van der Waals surface area contributed by atoms with E-state index in [0.717, 1.165) is 30.7 Å². The third-order valence-corrected chi connectivity index (χ3v) is 3.95. The minimum Gasteiger partial charge on any atom is -0.377 e. The number of rotatable bonds is 5. The number of likely N-dealkylation sites (N-methyl/N-ethyl adjacent to an activating group) is 1. The van der Waals surface area contributed by atoms with Crippen molar-refractivity contribution in [1.29, 1.82) is 0 Å². The van der Waals surface area contributed by atoms with Crippen molar-refractivity contribution < 1.29 is 9.53 Å². The van der Waals surface area contributed by atoms with Crippen LogP contribution in [0, 0.1) is 0 Å². The van der Waals surface area contributed by atoms with E-state index >= 15 is 0 Å². The van der Waals surface area contributed by atoms with Crippen molar-refractivity contribution in [3.05, 3.63) is 35.4 Å². The minimum atomic E-state index is -0.169. The summed E-state index contributed by atoms with van der Waals surface area (Å²) in [5, 5.41) is 0. The second kappa shape index (κ2) is 6.83. The second-order valence-electron chi connectivity index (χ2n) is 5.36. The molecule has 3 N–H and O–H groups in total. The molecule has 0 saturated carbocycles. The Morgan fingerprint density at radius 1 is 1.45 bits per heavy atom. The van der Waals surface area contributed by atoms with Gasteiger partial charge in [-0.05, 0) is 31.5 Å². The molecule has 2 unspecified atom stereocenters. The molecule has 1 aromatic carbocycles. The van der Waals surface area contributed by atoms with Crippen molar-refractivity contribution in [3.8, 4) is 0 Å². The van der Waals surface area contributed by atoms with Gasteiger partial charge in [-0.3, -0.25) is 15.1 Å². The first-order valence-electron chi connectivity index (χ1n) is 7.00. The highest BCUT2D eigenvalue weighted by molar-refractivity contribution is 5.78. The average Bonchev–Trinajstić information content (AvgIpc) is 2.87. The molecule has 1 amide bonds. The van der Waals surface area contributed by atoms with Crippen LogP contribution in [-0.2, 0) is 22.5 Å². The molecule has 2 rings (SSSR count). The number of carbonyl (C=O) groups excluding carboxylic acids is 1. The highest BCUT2D eigenvalue weighted by Crippen LogP contribution is 2.21. The molecule has 0 radical (unpaired) electrons. The van der Waals surface area contributed by atoms with Gasteiger partial charge in [0, 0.05) is 19.2 Å². The van der Waals surface area contributed by atoms with Gasteiger partial charge in [0.25, 0.3) is 0 Å². The van der Waals surface area contributed by atoms with Crippen LogP contribution in [0.25, 0.3) is 0 Å². The summed E-state index contributed by atoms with van der Waals surface area (Å²) in [5.41, 5.74) is 4.37. The van der Waals surface area contributed by atoms with Crippen LogP contribution in [0.5, 0.6) is 0 Å². The topological polar surface area (TPSA) is 67.6 Å². The molecule has 1 saturated heterocycles. The zero-order valence-corrected chi connectivity index (χ0v) is 12.1. The van der Waals surface area contributed by atoms with E-state index in [0.29, 0.717) is 12.5 Å². The third kappa shape index (κ3) is 3.56. The summed E-state index contributed by atoms with van der Waals surface area (Å²) in [6.45, 7) is 3.75. The van der Waals surface area contributed by atoms with E-state index < -0.39 is 0 Å². The molecular formula is C15H23N3O2. The highest BCUT2D eigenvalue weighted by Gasteiger charge is 2.28. The summed E-state index contributed by atoms with van der Waals surface area (Å²) in [6.07, 6.45) is 1.64. The summed E-state index contributed by atoms with van der Waals surface area (Å²) in [7, 11) is 2.11. The first-order chi connectivity index (χ1) is 9.61. The minimum absolute atomic E-state index is 0.169. The molecule has 5 heteroatoms. The van der Waals surface area contributed by atoms with Gasteiger partial charge in [0.05, 0.1) is 12.5 Å². The Labute approximate surface area is 120 Å². The number of amides is 1. The number of hydrogen-bond acceptors (Lipinski definition) is 4. The quantitative estimate of drug-likeness (QED) is 0.475. The zero-order chi connectivity index (χ0) is 14.5. The van der Waals surface area contributed by atoms with Crippen LogP contribution in [0.3, 0.4) is 0 Å². The molecule has 1 heterocycles. The summed E-state index contributed by atoms with van der Waals surface area (Å²) in [4.78, 5) is 13.8. The smallest absolute Gasteiger partial charge is 0.238 e. The maximum absolute atomic E-state index is 11.5. The largest absolute Gasteiger partial charge is 0.377 e. The lowest BCUT2D eigenvalue weighted by molar-refractivity contribution is -0.120. The predicted molar refractivity (Wildman–Crippen MR) is 77.8 cm³/mol. The van der Waals surface area contributed by atoms with E-state index in [-0.39, 0.29) is 12.0 Å². The van der Waals surface area contributed by atoms with Gasteiger partial charge >= 0.3 is 0 Å². The van der Waals surface area contributed by atoms with Gasteiger partial charge in [-0.2, -0.15) is 0 Å². The fourth-order valence-corrected chi connectivity index (χ4v) is 2.79. The summed E-state index contributed by atoms with van der Waals surface area (Å²) < 4.78 is 5.61. The van der Waals surface area contributed by atoms with Crippen molar-refractivity contribution in [1.82, 2.24) is 10.3 Å². The van der Waals surface area contributed by atoms with Gasteiger partial charge < -0.3 is 4.74 Å². The summed E-state index contributed by atoms with van der Waals surface area (Å²) in [5.74, 6) is 4.99. The molecule has 1 aromatic rings. The number of benzene rings is 1. The Bertz CT molecular complexity index is 464. The SMILES string of the molecule is CC1OCCC1N(C)Cc1ccccc1CC(=O)NN. The number of carbonyl (C=O) groups is 1. The van der Waals surface area contributed by atoms with Gasteiger partial charge in [0.1, 0.15) is 0 Å². The number of hydrogen-bond donors (Lipinski definition) is 2. The van der Waals surface area contributed by atoms with Crippen LogP contribution in [0.15, 0.2) is 24.3 Å². The van der Waals surface area contributed by atoms with Crippen LogP contribution in [0.4, 0.5) is 0 Å². The molecule has 0 spiro atoms. The Morgan fingerprint density at radius 3 is 2.75 bits per heavy atom. The maximum Gasteiger partial charge on any atom is 0.238 e. The molecule has 1 fully saturated rings. The first-order valence-corrected chi connectivity index (χ1v) is 7.00. The lowest BCUT2D eigenvalue weighted by Crippen LogP contribution is -2.36. The van der Waals surface area contributed by atoms with Crippen molar-refractivity contribution in [2.45, 2.75) is 38.5 Å². The van der Waals surface area contributed by atoms with Crippen molar-refractivity contribution in [2.24, 2.45) is 5.84 Å². The van der Waals surface area contributed by atoms with Gasteiger partial charge in [-0.15, -0.1) is 0 Å². The van der Waals surface area contributed by atoms with Crippen LogP contribution in [0.1, 0.15) is 24.5 Å². The second-order valence-corrected chi connectivity index (χ2v) is 5.36. The number of nitrogens with two attached hydrogens (primary N) is 1. The first kappa shape index (κ1) is 15.0. The van der Waals surface area contributed by atoms with Crippen LogP contribution < -0.4 is 11.3 Å². The highest BCUT2D eigenvalue weighted by atomic mass is 16.5. The molecule has 20 heavy (non-hydrogen) atoms. The normalized spacial score (nSPS) is 22.2. The van der Waals surface area contributed by atoms with Crippen molar-refractivity contribution >= 4 is 5.91 Å². The molecule has 0 aliphatic carbocycles. The van der Waals surface area contributed by atoms with Gasteiger partial charge in [-0.1, -0.05) is 24.3 Å². The fraction of sp³-hybridized carbons (Fsp3) is 0.533. The molecule has 5 nitrogen and oxygen atoms in total. The van der Waals surface area contributed by atoms with E-state index in [4.69, 9.17) is 10.6 Å². The number of nitrogens with zero attached hydrogens (tertiary/aromatic N) is 1. The van der Waals surface area contributed by atoms with Gasteiger partial charge in [0.2, 0.25) is 5.91 Å². The number of hydrazine groups is 1. The standard InChI is InChI=1S/C15H23N3O2/c1-11-14(7-8-20-11)18(2)10-13-6-4-3-5-12(13)9-15(19)17-16/h3-6,11,14H,7-10,16H2,1-2H3,(H,17,19). The van der Waals surface area contributed by atoms with Gasteiger partial charge in [-0.25, -0.2) is 5.84 Å². The maximum atomic E-state index is 11.5. The Morgan fingerprint density at radius 2 is 2.15 bits per heavy atom. The lowest BCUT2D eigenvalue weighted by atomic mass is 10.0. The molecule has 110 valence electrons. The Balaban J connectivity index is 2.06. The molecule has 0 bridgehead atoms. The van der Waals surface area contributed by atoms with Crippen LogP contribution in [0.2, 0.25) is 0 Å². The zero-order valence-electron chi connectivity index (χ0n) is 12.1. The van der Waals surface area contributed by atoms with E-state index in [1.54, 1.807) is 0 Å². The molecule has 1 aliphatic rings. The van der Waals surface area contributed by atoms with E-state index in [2.05, 4.69) is 30.4 Å². The number of ether oxygens (including phenoxy) is 1. The third-order valence-electron chi connectivity index (χ3n) is 3.95. The Kier molecular flexibility index (Phi) is 5.11. The van der Waals surface area contributed by atoms with E-state index in [1.807, 2.05) is 18.2 Å². The molecule has 2 atom stereocenters. The van der Waals surface area contributed by atoms with E-state index in [1.165, 1.54) is 0 Å². The predicted octanol–water partition coefficient (Wildman–Crippen LogP) is 0.828. The lowest BCUT2D eigenvalue weighted by Gasteiger charge is -2.27. The monoisotopic (exact) mass is 277 g/mol. The average molecular weight is 277 g/mol. The molecule has 1 aliphatic heterocycles. The van der Waals surface area contributed by atoms with Crippen molar-refractivity contribution in [3.63, 3.8) is 0 Å². The summed E-state index contributed by atoms with van der Waals surface area (Å²) >= 11 is 0. The molecule has 0 aromatic heterocycles. The summed E-state index contributed by atoms with van der Waals surface area (Å²) in [6, 6.07) is 8.43. The number of nitrogens with one attached hydrogen (secondary N) is 1. The van der Waals surface area contributed by atoms with E-state index in [9.17, 15) is 4.79 Å². The molecular weight excluding hydrogens is 254 g/mol. The Hall–Kier alpha value is -1.43. The van der Waals surface area contributed by atoms with Crippen molar-refractivity contribution in [2.75, 3.05) is 13.7 Å².